The number of nitrogens with zero attached hydrogens (tertiary/aromatic N) is 2. The summed E-state index contributed by atoms with van der Waals surface area (Å²) in [6.45, 7) is 2.79. The van der Waals surface area contributed by atoms with Gasteiger partial charge < -0.3 is 15.3 Å². The molecule has 1 atom stereocenters. The van der Waals surface area contributed by atoms with Crippen LogP contribution in [0.3, 0.4) is 0 Å². The molecule has 0 aromatic heterocycles. The van der Waals surface area contributed by atoms with Crippen molar-refractivity contribution in [2.45, 2.75) is 31.5 Å². The highest BCUT2D eigenvalue weighted by Gasteiger charge is 2.26. The fourth-order valence-electron chi connectivity index (χ4n) is 2.92. The van der Waals surface area contributed by atoms with Gasteiger partial charge in [0.15, 0.2) is 0 Å². The number of rotatable bonds is 5. The van der Waals surface area contributed by atoms with Gasteiger partial charge in [0.25, 0.3) is 0 Å². The van der Waals surface area contributed by atoms with E-state index in [2.05, 4.69) is 5.32 Å². The number of carbonyl (C=O) groups excluding carboxylic acids is 1. The first-order valence-electron chi connectivity index (χ1n) is 8.27. The predicted octanol–water partition coefficient (Wildman–Crippen LogP) is 0.583. The summed E-state index contributed by atoms with van der Waals surface area (Å²) in [7, 11) is 0. The number of aliphatic hydroxyl groups is 1. The van der Waals surface area contributed by atoms with Crippen LogP contribution in [0.5, 0.6) is 0 Å². The van der Waals surface area contributed by atoms with Crippen LogP contribution in [0.15, 0.2) is 24.3 Å². The largest absolute Gasteiger partial charge is 0.390 e. The van der Waals surface area contributed by atoms with Gasteiger partial charge in [0.1, 0.15) is 5.82 Å². The Kier molecular flexibility index (Phi) is 5.25. The van der Waals surface area contributed by atoms with Crippen molar-refractivity contribution in [2.24, 2.45) is 0 Å². The van der Waals surface area contributed by atoms with Crippen molar-refractivity contribution in [3.63, 3.8) is 0 Å². The van der Waals surface area contributed by atoms with E-state index in [9.17, 15) is 14.3 Å². The standard InChI is InChI=1S/C17H24FN3O2/c18-16-4-2-1-3-13(16)10-20-7-8-21(12-15(22)11-20)17(23)9-19-14-5-6-14/h1-4,14-15,19,22H,5-12H2/t15-/m0/s1. The minimum atomic E-state index is -0.603. The number of nitrogens with one attached hydrogen (secondary N) is 1. The molecular formula is C17H24FN3O2. The highest BCUT2D eigenvalue weighted by molar-refractivity contribution is 5.78. The molecule has 1 aliphatic heterocycles. The second kappa shape index (κ2) is 7.38. The number of hydrogen-bond donors (Lipinski definition) is 2. The molecule has 0 bridgehead atoms. The molecule has 1 aromatic rings. The number of benzene rings is 1. The molecule has 1 saturated carbocycles. The third-order valence-electron chi connectivity index (χ3n) is 4.41. The number of hydrogen-bond acceptors (Lipinski definition) is 4. The second-order valence-corrected chi connectivity index (χ2v) is 6.48. The van der Waals surface area contributed by atoms with Crippen LogP contribution in [0.1, 0.15) is 18.4 Å². The van der Waals surface area contributed by atoms with Crippen LogP contribution in [0.4, 0.5) is 4.39 Å². The van der Waals surface area contributed by atoms with Crippen molar-refractivity contribution in [1.29, 1.82) is 0 Å². The minimum absolute atomic E-state index is 0.0312. The predicted molar refractivity (Wildman–Crippen MR) is 85.3 cm³/mol. The second-order valence-electron chi connectivity index (χ2n) is 6.48. The summed E-state index contributed by atoms with van der Waals surface area (Å²) in [5.41, 5.74) is 0.620. The number of halogens is 1. The average molecular weight is 321 g/mol. The van der Waals surface area contributed by atoms with E-state index >= 15 is 0 Å². The Hall–Kier alpha value is -1.50. The third-order valence-corrected chi connectivity index (χ3v) is 4.41. The van der Waals surface area contributed by atoms with Gasteiger partial charge in [0.05, 0.1) is 12.6 Å². The molecule has 2 aliphatic rings. The lowest BCUT2D eigenvalue weighted by atomic mass is 10.2. The van der Waals surface area contributed by atoms with Gasteiger partial charge in [-0.3, -0.25) is 9.69 Å². The van der Waals surface area contributed by atoms with Crippen molar-refractivity contribution in [1.82, 2.24) is 15.1 Å². The minimum Gasteiger partial charge on any atom is -0.390 e. The van der Waals surface area contributed by atoms with Crippen LogP contribution >= 0.6 is 0 Å². The molecule has 1 aliphatic carbocycles. The number of aliphatic hydroxyl groups excluding tert-OH is 1. The smallest absolute Gasteiger partial charge is 0.236 e. The maximum Gasteiger partial charge on any atom is 0.236 e. The van der Waals surface area contributed by atoms with Crippen molar-refractivity contribution >= 4 is 5.91 Å². The first-order valence-corrected chi connectivity index (χ1v) is 8.27. The fraction of sp³-hybridized carbons (Fsp3) is 0.588. The van der Waals surface area contributed by atoms with Gasteiger partial charge in [-0.1, -0.05) is 18.2 Å². The first-order chi connectivity index (χ1) is 11.1. The highest BCUT2D eigenvalue weighted by Crippen LogP contribution is 2.18. The Balaban J connectivity index is 1.54. The van der Waals surface area contributed by atoms with E-state index in [0.29, 0.717) is 50.9 Å². The lowest BCUT2D eigenvalue weighted by molar-refractivity contribution is -0.131. The van der Waals surface area contributed by atoms with E-state index in [0.717, 1.165) is 12.8 Å². The molecule has 1 amide bonds. The average Bonchev–Trinajstić information content (AvgIpc) is 3.35. The maximum atomic E-state index is 13.8. The molecule has 0 unspecified atom stereocenters. The Morgan fingerprint density at radius 2 is 2.04 bits per heavy atom. The molecule has 3 rings (SSSR count). The summed E-state index contributed by atoms with van der Waals surface area (Å²) in [6.07, 6.45) is 1.69. The van der Waals surface area contributed by atoms with E-state index in [1.54, 1.807) is 17.0 Å². The van der Waals surface area contributed by atoms with Crippen molar-refractivity contribution in [2.75, 3.05) is 32.7 Å². The zero-order valence-corrected chi connectivity index (χ0v) is 13.2. The molecule has 126 valence electrons. The van der Waals surface area contributed by atoms with Crippen molar-refractivity contribution < 1.29 is 14.3 Å². The van der Waals surface area contributed by atoms with Crippen LogP contribution < -0.4 is 5.32 Å². The summed E-state index contributed by atoms with van der Waals surface area (Å²) in [5, 5.41) is 13.4. The molecule has 23 heavy (non-hydrogen) atoms. The lowest BCUT2D eigenvalue weighted by Gasteiger charge is -2.22. The molecule has 2 fully saturated rings. The zero-order chi connectivity index (χ0) is 16.2. The van der Waals surface area contributed by atoms with Crippen molar-refractivity contribution in [3.05, 3.63) is 35.6 Å². The van der Waals surface area contributed by atoms with Crippen molar-refractivity contribution in [3.8, 4) is 0 Å². The monoisotopic (exact) mass is 321 g/mol. The summed E-state index contributed by atoms with van der Waals surface area (Å²) >= 11 is 0. The quantitative estimate of drug-likeness (QED) is 0.833. The van der Waals surface area contributed by atoms with Gasteiger partial charge in [0.2, 0.25) is 5.91 Å². The molecule has 1 saturated heterocycles. The number of amides is 1. The van der Waals surface area contributed by atoms with Gasteiger partial charge in [-0.05, 0) is 18.9 Å². The molecule has 1 heterocycles. The molecule has 6 heteroatoms. The van der Waals surface area contributed by atoms with E-state index in [1.807, 2.05) is 11.0 Å². The van der Waals surface area contributed by atoms with Gasteiger partial charge in [0, 0.05) is 44.3 Å². The third kappa shape index (κ3) is 4.73. The van der Waals surface area contributed by atoms with Gasteiger partial charge >= 0.3 is 0 Å². The molecule has 5 nitrogen and oxygen atoms in total. The first kappa shape index (κ1) is 16.4. The van der Waals surface area contributed by atoms with Gasteiger partial charge in [-0.15, -0.1) is 0 Å². The Morgan fingerprint density at radius 1 is 1.26 bits per heavy atom. The van der Waals surface area contributed by atoms with E-state index < -0.39 is 6.10 Å². The fourth-order valence-corrected chi connectivity index (χ4v) is 2.92. The molecule has 0 spiro atoms. The Labute approximate surface area is 136 Å². The topological polar surface area (TPSA) is 55.8 Å². The molecule has 0 radical (unpaired) electrons. The normalized spacial score (nSPS) is 22.9. The summed E-state index contributed by atoms with van der Waals surface area (Å²) in [5.74, 6) is -0.198. The molecular weight excluding hydrogens is 297 g/mol. The Bertz CT molecular complexity index is 550. The zero-order valence-electron chi connectivity index (χ0n) is 13.2. The summed E-state index contributed by atoms with van der Waals surface area (Å²) < 4.78 is 13.8. The van der Waals surface area contributed by atoms with Gasteiger partial charge in [-0.25, -0.2) is 4.39 Å². The SMILES string of the molecule is O=C(CNC1CC1)N1CCN(Cc2ccccc2F)C[C@H](O)C1. The van der Waals surface area contributed by atoms with Gasteiger partial charge in [-0.2, -0.15) is 0 Å². The maximum absolute atomic E-state index is 13.8. The summed E-state index contributed by atoms with van der Waals surface area (Å²) in [6, 6.07) is 7.18. The van der Waals surface area contributed by atoms with Crippen LogP contribution in [-0.4, -0.2) is 65.7 Å². The van der Waals surface area contributed by atoms with E-state index in [-0.39, 0.29) is 11.7 Å². The molecule has 2 N–H and O–H groups in total. The van der Waals surface area contributed by atoms with Crippen LogP contribution in [0, 0.1) is 5.82 Å². The number of β-amino-alcohol motifs (C(OH)–C–C–N with tert-alkyl or cyclic N) is 1. The Morgan fingerprint density at radius 3 is 2.78 bits per heavy atom. The van der Waals surface area contributed by atoms with E-state index in [1.165, 1.54) is 6.07 Å². The lowest BCUT2D eigenvalue weighted by Crippen LogP contribution is -2.42. The van der Waals surface area contributed by atoms with E-state index in [4.69, 9.17) is 0 Å². The molecule has 1 aromatic carbocycles. The number of carbonyl (C=O) groups is 1. The highest BCUT2D eigenvalue weighted by atomic mass is 19.1. The summed E-state index contributed by atoms with van der Waals surface area (Å²) in [4.78, 5) is 15.9. The van der Waals surface area contributed by atoms with Crippen LogP contribution in [0.25, 0.3) is 0 Å². The van der Waals surface area contributed by atoms with Crippen LogP contribution in [0.2, 0.25) is 0 Å². The van der Waals surface area contributed by atoms with Crippen LogP contribution in [-0.2, 0) is 11.3 Å².